The Labute approximate surface area is 118 Å². The molecule has 0 aromatic rings. The molecule has 3 N–H and O–H groups in total. The number of aliphatic carboxylic acids is 1. The van der Waals surface area contributed by atoms with E-state index in [4.69, 9.17) is 10.2 Å². The van der Waals surface area contributed by atoms with Crippen molar-refractivity contribution in [1.82, 2.24) is 10.2 Å². The Morgan fingerprint density at radius 3 is 2.42 bits per heavy atom. The molecule has 19 heavy (non-hydrogen) atoms. The van der Waals surface area contributed by atoms with Crippen molar-refractivity contribution in [3.8, 4) is 0 Å². The topological polar surface area (TPSA) is 89.9 Å². The van der Waals surface area contributed by atoms with Crippen molar-refractivity contribution in [2.24, 2.45) is 0 Å². The fraction of sp³-hybridized carbons (Fsp3) is 0.833. The Balaban J connectivity index is 4.52. The van der Waals surface area contributed by atoms with Crippen molar-refractivity contribution in [2.75, 3.05) is 25.2 Å². The predicted octanol–water partition coefficient (Wildman–Crippen LogP) is 0.995. The predicted molar refractivity (Wildman–Crippen MR) is 76.5 cm³/mol. The van der Waals surface area contributed by atoms with Crippen LogP contribution in [-0.2, 0) is 4.79 Å². The number of thioether (sulfide) groups is 1. The lowest BCUT2D eigenvalue weighted by atomic mass is 10.2. The van der Waals surface area contributed by atoms with Gasteiger partial charge in [0, 0.05) is 19.2 Å². The van der Waals surface area contributed by atoms with E-state index in [1.54, 1.807) is 11.8 Å². The highest BCUT2D eigenvalue weighted by Crippen LogP contribution is 2.05. The monoisotopic (exact) mass is 292 g/mol. The minimum Gasteiger partial charge on any atom is -0.480 e. The Bertz CT molecular complexity index is 287. The number of carboxylic acids is 1. The molecule has 0 bridgehead atoms. The lowest BCUT2D eigenvalue weighted by molar-refractivity contribution is -0.139. The van der Waals surface area contributed by atoms with Gasteiger partial charge in [-0.05, 0) is 38.7 Å². The van der Waals surface area contributed by atoms with Crippen LogP contribution in [0.4, 0.5) is 4.79 Å². The Morgan fingerprint density at radius 2 is 2.00 bits per heavy atom. The number of nitrogens with one attached hydrogen (secondary N) is 1. The largest absolute Gasteiger partial charge is 0.480 e. The van der Waals surface area contributed by atoms with E-state index in [0.29, 0.717) is 25.1 Å². The average Bonchev–Trinajstić information content (AvgIpc) is 2.34. The molecule has 7 heteroatoms. The van der Waals surface area contributed by atoms with E-state index < -0.39 is 18.0 Å². The van der Waals surface area contributed by atoms with E-state index in [1.165, 1.54) is 4.90 Å². The number of aliphatic hydroxyl groups is 1. The van der Waals surface area contributed by atoms with Gasteiger partial charge in [-0.2, -0.15) is 11.8 Å². The first-order chi connectivity index (χ1) is 8.93. The molecule has 0 aliphatic carbocycles. The molecule has 0 aromatic carbocycles. The second kappa shape index (κ2) is 9.91. The maximum absolute atomic E-state index is 12.0. The molecule has 0 rings (SSSR count). The van der Waals surface area contributed by atoms with Crippen LogP contribution in [0.15, 0.2) is 0 Å². The summed E-state index contributed by atoms with van der Waals surface area (Å²) in [6.07, 6.45) is 2.77. The molecular weight excluding hydrogens is 268 g/mol. The van der Waals surface area contributed by atoms with Gasteiger partial charge in [-0.15, -0.1) is 0 Å². The van der Waals surface area contributed by atoms with E-state index >= 15 is 0 Å². The number of hydrogen-bond acceptors (Lipinski definition) is 4. The van der Waals surface area contributed by atoms with Gasteiger partial charge in [-0.25, -0.2) is 9.59 Å². The highest BCUT2D eigenvalue weighted by Gasteiger charge is 2.23. The summed E-state index contributed by atoms with van der Waals surface area (Å²) in [6.45, 7) is 4.13. The number of carbonyl (C=O) groups is 2. The molecule has 1 atom stereocenters. The average molecular weight is 292 g/mol. The van der Waals surface area contributed by atoms with Crippen molar-refractivity contribution in [3.63, 3.8) is 0 Å². The van der Waals surface area contributed by atoms with Gasteiger partial charge >= 0.3 is 12.0 Å². The van der Waals surface area contributed by atoms with E-state index in [1.807, 2.05) is 20.1 Å². The number of carbonyl (C=O) groups excluding carboxylic acids is 1. The lowest BCUT2D eigenvalue weighted by Gasteiger charge is -2.28. The molecule has 0 saturated heterocycles. The van der Waals surface area contributed by atoms with Crippen LogP contribution in [0.25, 0.3) is 0 Å². The molecule has 112 valence electrons. The fourth-order valence-corrected chi connectivity index (χ4v) is 2.03. The van der Waals surface area contributed by atoms with Crippen LogP contribution in [0.2, 0.25) is 0 Å². The van der Waals surface area contributed by atoms with Gasteiger partial charge in [0.05, 0.1) is 0 Å². The third-order valence-corrected chi connectivity index (χ3v) is 3.29. The van der Waals surface area contributed by atoms with E-state index in [0.717, 1.165) is 0 Å². The summed E-state index contributed by atoms with van der Waals surface area (Å²) in [4.78, 5) is 24.6. The van der Waals surface area contributed by atoms with Crippen LogP contribution in [0.3, 0.4) is 0 Å². The summed E-state index contributed by atoms with van der Waals surface area (Å²) in [5.74, 6) is -0.344. The highest BCUT2D eigenvalue weighted by molar-refractivity contribution is 7.98. The molecule has 0 aliphatic rings. The molecule has 0 spiro atoms. The summed E-state index contributed by atoms with van der Waals surface area (Å²) < 4.78 is 0. The van der Waals surface area contributed by atoms with Gasteiger partial charge in [0.2, 0.25) is 0 Å². The number of urea groups is 1. The molecule has 0 saturated carbocycles. The van der Waals surface area contributed by atoms with Gasteiger partial charge in [-0.3, -0.25) is 0 Å². The molecule has 0 fully saturated rings. The number of hydrogen-bond donors (Lipinski definition) is 3. The minimum atomic E-state index is -1.02. The molecule has 0 aliphatic heterocycles. The minimum absolute atomic E-state index is 0.00529. The number of nitrogens with zero attached hydrogens (tertiary/aromatic N) is 1. The number of rotatable bonds is 9. The Hall–Kier alpha value is -0.950. The zero-order valence-corrected chi connectivity index (χ0v) is 12.6. The van der Waals surface area contributed by atoms with Crippen LogP contribution < -0.4 is 5.32 Å². The van der Waals surface area contributed by atoms with Crippen molar-refractivity contribution < 1.29 is 19.8 Å². The molecule has 6 nitrogen and oxygen atoms in total. The lowest BCUT2D eigenvalue weighted by Crippen LogP contribution is -2.50. The second-order valence-corrected chi connectivity index (χ2v) is 5.47. The molecule has 2 amide bonds. The molecule has 0 unspecified atom stereocenters. The fourth-order valence-electron chi connectivity index (χ4n) is 1.56. The first-order valence-electron chi connectivity index (χ1n) is 6.33. The first-order valence-corrected chi connectivity index (χ1v) is 7.73. The van der Waals surface area contributed by atoms with Crippen molar-refractivity contribution in [2.45, 2.75) is 38.8 Å². The SMILES string of the molecule is CSCC[C@@H](NC(=O)N(CCCO)C(C)C)C(=O)O. The van der Waals surface area contributed by atoms with Gasteiger partial charge in [0.15, 0.2) is 0 Å². The van der Waals surface area contributed by atoms with E-state index in [-0.39, 0.29) is 12.6 Å². The summed E-state index contributed by atoms with van der Waals surface area (Å²) in [5.41, 5.74) is 0. The molecule has 0 heterocycles. The summed E-state index contributed by atoms with van der Waals surface area (Å²) in [5, 5.41) is 20.4. The van der Waals surface area contributed by atoms with Crippen LogP contribution in [-0.4, -0.2) is 64.4 Å². The molecule has 0 radical (unpaired) electrons. The zero-order valence-electron chi connectivity index (χ0n) is 11.8. The second-order valence-electron chi connectivity index (χ2n) is 4.49. The van der Waals surface area contributed by atoms with Crippen LogP contribution >= 0.6 is 11.8 Å². The Morgan fingerprint density at radius 1 is 1.37 bits per heavy atom. The standard InChI is InChI=1S/C12H24N2O4S/c1-9(2)14(6-4-7-15)12(18)13-10(11(16)17)5-8-19-3/h9-10,15H,4-8H2,1-3H3,(H,13,18)(H,16,17)/t10-/m1/s1. The summed E-state index contributed by atoms with van der Waals surface area (Å²) in [7, 11) is 0. The summed E-state index contributed by atoms with van der Waals surface area (Å²) >= 11 is 1.54. The van der Waals surface area contributed by atoms with Gasteiger partial charge < -0.3 is 20.4 Å². The third kappa shape index (κ3) is 7.27. The first kappa shape index (κ1) is 18.0. The maximum Gasteiger partial charge on any atom is 0.326 e. The molecular formula is C12H24N2O4S. The highest BCUT2D eigenvalue weighted by atomic mass is 32.2. The van der Waals surface area contributed by atoms with Crippen LogP contribution in [0, 0.1) is 0 Å². The van der Waals surface area contributed by atoms with Crippen LogP contribution in [0.1, 0.15) is 26.7 Å². The van der Waals surface area contributed by atoms with Gasteiger partial charge in [0.1, 0.15) is 6.04 Å². The Kier molecular flexibility index (Phi) is 9.42. The zero-order chi connectivity index (χ0) is 14.8. The van der Waals surface area contributed by atoms with Crippen molar-refractivity contribution in [3.05, 3.63) is 0 Å². The third-order valence-electron chi connectivity index (χ3n) is 2.65. The van der Waals surface area contributed by atoms with E-state index in [2.05, 4.69) is 5.32 Å². The van der Waals surface area contributed by atoms with Crippen LogP contribution in [0.5, 0.6) is 0 Å². The van der Waals surface area contributed by atoms with Gasteiger partial charge in [-0.1, -0.05) is 0 Å². The number of aliphatic hydroxyl groups excluding tert-OH is 1. The quantitative estimate of drug-likeness (QED) is 0.590. The van der Waals surface area contributed by atoms with Crippen molar-refractivity contribution >= 4 is 23.8 Å². The smallest absolute Gasteiger partial charge is 0.326 e. The van der Waals surface area contributed by atoms with E-state index in [9.17, 15) is 9.59 Å². The summed E-state index contributed by atoms with van der Waals surface area (Å²) in [6, 6.07) is -1.30. The number of carboxylic acid groups (broad SMARTS) is 1. The van der Waals surface area contributed by atoms with Gasteiger partial charge in [0.25, 0.3) is 0 Å². The van der Waals surface area contributed by atoms with Crippen molar-refractivity contribution in [1.29, 1.82) is 0 Å². The normalized spacial score (nSPS) is 12.3. The number of amides is 2. The molecule has 0 aromatic heterocycles. The maximum atomic E-state index is 12.0.